The van der Waals surface area contributed by atoms with Gasteiger partial charge in [0.15, 0.2) is 5.82 Å². The Kier molecular flexibility index (Phi) is 3.37. The normalized spacial score (nSPS) is 17.1. The van der Waals surface area contributed by atoms with Gasteiger partial charge < -0.3 is 10.1 Å². The van der Waals surface area contributed by atoms with E-state index in [9.17, 15) is 4.79 Å². The molecule has 2 heterocycles. The Morgan fingerprint density at radius 1 is 1.45 bits per heavy atom. The third kappa shape index (κ3) is 2.36. The quantitative estimate of drug-likeness (QED) is 0.855. The Morgan fingerprint density at radius 2 is 2.25 bits per heavy atom. The van der Waals surface area contributed by atoms with Crippen LogP contribution in [0.25, 0.3) is 0 Å². The SMILES string of the molecule is COC(=O)Cc1nc2n(n1)C(c1ccccc1)CCN2. The van der Waals surface area contributed by atoms with E-state index in [1.807, 2.05) is 22.9 Å². The summed E-state index contributed by atoms with van der Waals surface area (Å²) >= 11 is 0. The molecule has 1 aromatic heterocycles. The first kappa shape index (κ1) is 12.7. The zero-order valence-electron chi connectivity index (χ0n) is 11.2. The van der Waals surface area contributed by atoms with Gasteiger partial charge in [-0.3, -0.25) is 4.79 Å². The van der Waals surface area contributed by atoms with E-state index in [1.165, 1.54) is 12.7 Å². The summed E-state index contributed by atoms with van der Waals surface area (Å²) in [6.07, 6.45) is 1.04. The standard InChI is InChI=1S/C14H16N4O2/c1-20-13(19)9-12-16-14-15-8-7-11(18(14)17-12)10-5-3-2-4-6-10/h2-6,11H,7-9H2,1H3,(H,15,16,17). The maximum absolute atomic E-state index is 11.3. The van der Waals surface area contributed by atoms with Gasteiger partial charge in [0.25, 0.3) is 0 Å². The molecule has 0 amide bonds. The number of hydrogen-bond donors (Lipinski definition) is 1. The van der Waals surface area contributed by atoms with Crippen molar-refractivity contribution >= 4 is 11.9 Å². The van der Waals surface area contributed by atoms with E-state index in [0.29, 0.717) is 11.8 Å². The topological polar surface area (TPSA) is 69.0 Å². The van der Waals surface area contributed by atoms with Gasteiger partial charge in [0.05, 0.1) is 13.2 Å². The summed E-state index contributed by atoms with van der Waals surface area (Å²) in [5, 5.41) is 7.65. The summed E-state index contributed by atoms with van der Waals surface area (Å²) in [6.45, 7) is 0.843. The summed E-state index contributed by atoms with van der Waals surface area (Å²) in [5.74, 6) is 0.871. The molecule has 0 saturated carbocycles. The summed E-state index contributed by atoms with van der Waals surface area (Å²) < 4.78 is 6.51. The highest BCUT2D eigenvalue weighted by Crippen LogP contribution is 2.28. The number of esters is 1. The lowest BCUT2D eigenvalue weighted by Crippen LogP contribution is -2.24. The predicted molar refractivity (Wildman–Crippen MR) is 73.4 cm³/mol. The van der Waals surface area contributed by atoms with Gasteiger partial charge in [-0.25, -0.2) is 4.68 Å². The number of methoxy groups -OCH3 is 1. The predicted octanol–water partition coefficient (Wildman–Crippen LogP) is 1.40. The van der Waals surface area contributed by atoms with Crippen molar-refractivity contribution < 1.29 is 9.53 Å². The molecule has 0 saturated heterocycles. The van der Waals surface area contributed by atoms with Crippen molar-refractivity contribution in [1.82, 2.24) is 14.8 Å². The first-order valence-electron chi connectivity index (χ1n) is 6.59. The van der Waals surface area contributed by atoms with Gasteiger partial charge >= 0.3 is 5.97 Å². The Balaban J connectivity index is 1.91. The van der Waals surface area contributed by atoms with Crippen LogP contribution < -0.4 is 5.32 Å². The number of hydrogen-bond acceptors (Lipinski definition) is 5. The lowest BCUT2D eigenvalue weighted by Gasteiger charge is -2.24. The van der Waals surface area contributed by atoms with Crippen LogP contribution >= 0.6 is 0 Å². The van der Waals surface area contributed by atoms with Crippen molar-refractivity contribution in [1.29, 1.82) is 0 Å². The average Bonchev–Trinajstić information content (AvgIpc) is 2.90. The second-order valence-corrected chi connectivity index (χ2v) is 4.69. The summed E-state index contributed by atoms with van der Waals surface area (Å²) in [5.41, 5.74) is 1.20. The van der Waals surface area contributed by atoms with Gasteiger partial charge in [0.1, 0.15) is 6.42 Å². The van der Waals surface area contributed by atoms with Gasteiger partial charge in [0.2, 0.25) is 5.95 Å². The number of ether oxygens (including phenoxy) is 1. The molecule has 0 fully saturated rings. The molecule has 0 bridgehead atoms. The van der Waals surface area contributed by atoms with E-state index in [0.717, 1.165) is 13.0 Å². The zero-order chi connectivity index (χ0) is 13.9. The fraction of sp³-hybridized carbons (Fsp3) is 0.357. The monoisotopic (exact) mass is 272 g/mol. The average molecular weight is 272 g/mol. The molecular weight excluding hydrogens is 256 g/mol. The van der Waals surface area contributed by atoms with E-state index in [2.05, 4.69) is 32.3 Å². The smallest absolute Gasteiger partial charge is 0.313 e. The van der Waals surface area contributed by atoms with Crippen LogP contribution in [0.4, 0.5) is 5.95 Å². The molecule has 1 atom stereocenters. The lowest BCUT2D eigenvalue weighted by molar-refractivity contribution is -0.139. The van der Waals surface area contributed by atoms with Gasteiger partial charge in [-0.15, -0.1) is 0 Å². The van der Waals surface area contributed by atoms with E-state index in [1.54, 1.807) is 0 Å². The highest BCUT2D eigenvalue weighted by Gasteiger charge is 2.24. The Morgan fingerprint density at radius 3 is 3.00 bits per heavy atom. The number of carbonyl (C=O) groups is 1. The molecule has 1 aliphatic rings. The van der Waals surface area contributed by atoms with Gasteiger partial charge in [-0.1, -0.05) is 30.3 Å². The molecule has 0 radical (unpaired) electrons. The molecule has 2 aromatic rings. The molecular formula is C14H16N4O2. The van der Waals surface area contributed by atoms with Crippen molar-refractivity contribution in [3.05, 3.63) is 41.7 Å². The third-order valence-corrected chi connectivity index (χ3v) is 3.39. The van der Waals surface area contributed by atoms with Crippen LogP contribution in [0.2, 0.25) is 0 Å². The van der Waals surface area contributed by atoms with Crippen LogP contribution in [0.3, 0.4) is 0 Å². The second-order valence-electron chi connectivity index (χ2n) is 4.69. The lowest BCUT2D eigenvalue weighted by atomic mass is 10.0. The number of fused-ring (bicyclic) bond motifs is 1. The number of anilines is 1. The molecule has 0 aliphatic carbocycles. The first-order chi connectivity index (χ1) is 9.78. The van der Waals surface area contributed by atoms with Crippen LogP contribution in [-0.4, -0.2) is 34.4 Å². The van der Waals surface area contributed by atoms with Gasteiger partial charge in [-0.2, -0.15) is 10.1 Å². The van der Waals surface area contributed by atoms with Crippen molar-refractivity contribution in [2.45, 2.75) is 18.9 Å². The fourth-order valence-electron chi connectivity index (χ4n) is 2.41. The van der Waals surface area contributed by atoms with Crippen LogP contribution in [0, 0.1) is 0 Å². The number of nitrogens with one attached hydrogen (secondary N) is 1. The second kappa shape index (κ2) is 5.32. The molecule has 6 nitrogen and oxygen atoms in total. The van der Waals surface area contributed by atoms with Crippen molar-refractivity contribution in [3.8, 4) is 0 Å². The maximum atomic E-state index is 11.3. The number of carbonyl (C=O) groups excluding carboxylic acids is 1. The summed E-state index contributed by atoms with van der Waals surface area (Å²) in [6, 6.07) is 10.4. The molecule has 3 rings (SSSR count). The highest BCUT2D eigenvalue weighted by molar-refractivity contribution is 5.71. The molecule has 1 N–H and O–H groups in total. The van der Waals surface area contributed by atoms with Crippen molar-refractivity contribution in [3.63, 3.8) is 0 Å². The van der Waals surface area contributed by atoms with Gasteiger partial charge in [-0.05, 0) is 12.0 Å². The highest BCUT2D eigenvalue weighted by atomic mass is 16.5. The number of nitrogens with zero attached hydrogens (tertiary/aromatic N) is 3. The van der Waals surface area contributed by atoms with Crippen molar-refractivity contribution in [2.75, 3.05) is 19.0 Å². The Bertz CT molecular complexity index is 609. The van der Waals surface area contributed by atoms with Crippen LogP contribution in [0.5, 0.6) is 0 Å². The Labute approximate surface area is 116 Å². The molecule has 1 aliphatic heterocycles. The molecule has 0 spiro atoms. The van der Waals surface area contributed by atoms with E-state index in [-0.39, 0.29) is 18.4 Å². The first-order valence-corrected chi connectivity index (χ1v) is 6.59. The number of aromatic nitrogens is 3. The van der Waals surface area contributed by atoms with Gasteiger partial charge in [0, 0.05) is 6.54 Å². The Hall–Kier alpha value is -2.37. The fourth-order valence-corrected chi connectivity index (χ4v) is 2.41. The van der Waals surface area contributed by atoms with E-state index in [4.69, 9.17) is 0 Å². The minimum Gasteiger partial charge on any atom is -0.469 e. The molecule has 6 heteroatoms. The minimum atomic E-state index is -0.329. The zero-order valence-corrected chi connectivity index (χ0v) is 11.2. The molecule has 1 aromatic carbocycles. The number of rotatable bonds is 3. The largest absolute Gasteiger partial charge is 0.469 e. The van der Waals surface area contributed by atoms with Crippen molar-refractivity contribution in [2.24, 2.45) is 0 Å². The molecule has 104 valence electrons. The van der Waals surface area contributed by atoms with Crippen LogP contribution in [0.15, 0.2) is 30.3 Å². The molecule has 20 heavy (non-hydrogen) atoms. The summed E-state index contributed by atoms with van der Waals surface area (Å²) in [4.78, 5) is 15.7. The van der Waals surface area contributed by atoms with E-state index < -0.39 is 0 Å². The maximum Gasteiger partial charge on any atom is 0.313 e. The minimum absolute atomic E-state index is 0.0969. The van der Waals surface area contributed by atoms with E-state index >= 15 is 0 Å². The van der Waals surface area contributed by atoms with Crippen LogP contribution in [0.1, 0.15) is 23.9 Å². The number of benzene rings is 1. The molecule has 1 unspecified atom stereocenters. The summed E-state index contributed by atoms with van der Waals surface area (Å²) in [7, 11) is 1.36. The third-order valence-electron chi connectivity index (χ3n) is 3.39. The van der Waals surface area contributed by atoms with Crippen LogP contribution in [-0.2, 0) is 16.0 Å².